The van der Waals surface area contributed by atoms with Crippen LogP contribution in [0.15, 0.2) is 17.5 Å². The monoisotopic (exact) mass is 211 g/mol. The van der Waals surface area contributed by atoms with Crippen LogP contribution < -0.4 is 5.32 Å². The van der Waals surface area contributed by atoms with Crippen molar-refractivity contribution in [3.63, 3.8) is 0 Å². The van der Waals surface area contributed by atoms with Crippen molar-refractivity contribution in [1.29, 1.82) is 0 Å². The van der Waals surface area contributed by atoms with E-state index in [0.29, 0.717) is 12.1 Å². The van der Waals surface area contributed by atoms with E-state index in [1.807, 2.05) is 18.4 Å². The first-order chi connectivity index (χ1) is 6.88. The van der Waals surface area contributed by atoms with Gasteiger partial charge >= 0.3 is 0 Å². The molecule has 1 aromatic heterocycles. The van der Waals surface area contributed by atoms with Crippen molar-refractivity contribution >= 4 is 11.3 Å². The second-order valence-corrected chi connectivity index (χ2v) is 4.86. The van der Waals surface area contributed by atoms with Crippen LogP contribution in [0.1, 0.15) is 24.1 Å². The Balaban J connectivity index is 1.72. The maximum atomic E-state index is 5.34. The maximum absolute atomic E-state index is 5.34. The third-order valence-corrected chi connectivity index (χ3v) is 3.74. The zero-order valence-electron chi connectivity index (χ0n) is 8.53. The normalized spacial score (nSPS) is 26.9. The molecule has 1 fully saturated rings. The predicted molar refractivity (Wildman–Crippen MR) is 59.6 cm³/mol. The van der Waals surface area contributed by atoms with E-state index in [1.54, 1.807) is 0 Å². The van der Waals surface area contributed by atoms with Crippen LogP contribution in [-0.4, -0.2) is 19.3 Å². The van der Waals surface area contributed by atoms with E-state index in [0.717, 1.165) is 6.54 Å². The predicted octanol–water partition coefficient (Wildman–Crippen LogP) is 2.41. The molecule has 0 saturated heterocycles. The third-order valence-electron chi connectivity index (χ3n) is 2.86. The SMILES string of the molecule is COC1CCC(NCc2cccs2)C1. The van der Waals surface area contributed by atoms with Crippen LogP contribution in [0, 0.1) is 0 Å². The van der Waals surface area contributed by atoms with Gasteiger partial charge in [-0.2, -0.15) is 0 Å². The molecule has 0 spiro atoms. The second kappa shape index (κ2) is 4.91. The summed E-state index contributed by atoms with van der Waals surface area (Å²) in [7, 11) is 1.81. The Morgan fingerprint density at radius 1 is 1.57 bits per heavy atom. The van der Waals surface area contributed by atoms with E-state index in [4.69, 9.17) is 4.74 Å². The molecule has 1 aromatic rings. The molecule has 2 atom stereocenters. The molecule has 78 valence electrons. The Labute approximate surface area is 89.3 Å². The van der Waals surface area contributed by atoms with Crippen LogP contribution in [0.2, 0.25) is 0 Å². The summed E-state index contributed by atoms with van der Waals surface area (Å²) >= 11 is 1.82. The first kappa shape index (κ1) is 10.1. The molecule has 14 heavy (non-hydrogen) atoms. The summed E-state index contributed by atoms with van der Waals surface area (Å²) in [6.45, 7) is 1.01. The maximum Gasteiger partial charge on any atom is 0.0586 e. The van der Waals surface area contributed by atoms with Crippen molar-refractivity contribution in [2.75, 3.05) is 7.11 Å². The molecule has 1 aliphatic rings. The highest BCUT2D eigenvalue weighted by atomic mass is 32.1. The Hall–Kier alpha value is -0.380. The van der Waals surface area contributed by atoms with Crippen LogP contribution >= 0.6 is 11.3 Å². The zero-order chi connectivity index (χ0) is 9.80. The highest BCUT2D eigenvalue weighted by molar-refractivity contribution is 7.09. The lowest BCUT2D eigenvalue weighted by Gasteiger charge is -2.11. The van der Waals surface area contributed by atoms with Crippen LogP contribution in [0.4, 0.5) is 0 Å². The van der Waals surface area contributed by atoms with E-state index in [1.165, 1.54) is 24.1 Å². The number of hydrogen-bond acceptors (Lipinski definition) is 3. The number of nitrogens with one attached hydrogen (secondary N) is 1. The Bertz CT molecular complexity index is 260. The number of rotatable bonds is 4. The van der Waals surface area contributed by atoms with E-state index in [2.05, 4.69) is 22.8 Å². The Morgan fingerprint density at radius 3 is 3.14 bits per heavy atom. The quantitative estimate of drug-likeness (QED) is 0.825. The van der Waals surface area contributed by atoms with Gasteiger partial charge < -0.3 is 10.1 Å². The van der Waals surface area contributed by atoms with Gasteiger partial charge in [0.05, 0.1) is 6.10 Å². The Morgan fingerprint density at radius 2 is 2.50 bits per heavy atom. The van der Waals surface area contributed by atoms with Crippen LogP contribution in [0.3, 0.4) is 0 Å². The first-order valence-electron chi connectivity index (χ1n) is 5.17. The lowest BCUT2D eigenvalue weighted by Crippen LogP contribution is -2.26. The summed E-state index contributed by atoms with van der Waals surface area (Å²) in [6, 6.07) is 4.94. The molecule has 3 heteroatoms. The molecule has 2 unspecified atom stereocenters. The van der Waals surface area contributed by atoms with Crippen LogP contribution in [0.25, 0.3) is 0 Å². The fourth-order valence-corrected chi connectivity index (χ4v) is 2.65. The van der Waals surface area contributed by atoms with Gasteiger partial charge in [-0.1, -0.05) is 6.07 Å². The van der Waals surface area contributed by atoms with Gasteiger partial charge in [-0.05, 0) is 30.7 Å². The Kier molecular flexibility index (Phi) is 3.56. The average molecular weight is 211 g/mol. The van der Waals surface area contributed by atoms with Crippen molar-refractivity contribution in [1.82, 2.24) is 5.32 Å². The van der Waals surface area contributed by atoms with Crippen molar-refractivity contribution in [2.45, 2.75) is 38.0 Å². The minimum absolute atomic E-state index is 0.482. The molecule has 0 radical (unpaired) electrons. The van der Waals surface area contributed by atoms with E-state index < -0.39 is 0 Å². The van der Waals surface area contributed by atoms with Gasteiger partial charge in [0.2, 0.25) is 0 Å². The summed E-state index contributed by atoms with van der Waals surface area (Å²) in [5.74, 6) is 0. The van der Waals surface area contributed by atoms with Gasteiger partial charge in [-0.25, -0.2) is 0 Å². The van der Waals surface area contributed by atoms with E-state index >= 15 is 0 Å². The molecule has 1 aliphatic carbocycles. The molecule has 1 N–H and O–H groups in total. The minimum atomic E-state index is 0.482. The number of hydrogen-bond donors (Lipinski definition) is 1. The van der Waals surface area contributed by atoms with Crippen LogP contribution in [0.5, 0.6) is 0 Å². The van der Waals surface area contributed by atoms with Gasteiger partial charge in [0.1, 0.15) is 0 Å². The summed E-state index contributed by atoms with van der Waals surface area (Å²) in [6.07, 6.45) is 4.11. The highest BCUT2D eigenvalue weighted by Gasteiger charge is 2.23. The lowest BCUT2D eigenvalue weighted by atomic mass is 10.2. The second-order valence-electron chi connectivity index (χ2n) is 3.83. The molecular weight excluding hydrogens is 194 g/mol. The molecule has 0 bridgehead atoms. The van der Waals surface area contributed by atoms with Gasteiger partial charge in [-0.3, -0.25) is 0 Å². The molecule has 2 rings (SSSR count). The zero-order valence-corrected chi connectivity index (χ0v) is 9.35. The third kappa shape index (κ3) is 2.56. The van der Waals surface area contributed by atoms with Crippen molar-refractivity contribution in [2.24, 2.45) is 0 Å². The lowest BCUT2D eigenvalue weighted by molar-refractivity contribution is 0.107. The molecule has 1 heterocycles. The number of methoxy groups -OCH3 is 1. The van der Waals surface area contributed by atoms with Gasteiger partial charge in [0, 0.05) is 24.6 Å². The topological polar surface area (TPSA) is 21.3 Å². The van der Waals surface area contributed by atoms with E-state index in [9.17, 15) is 0 Å². The fraction of sp³-hybridized carbons (Fsp3) is 0.636. The van der Waals surface area contributed by atoms with Crippen molar-refractivity contribution in [3.8, 4) is 0 Å². The fourth-order valence-electron chi connectivity index (χ4n) is 2.00. The number of ether oxygens (including phenoxy) is 1. The molecule has 2 nitrogen and oxygen atoms in total. The average Bonchev–Trinajstić information content (AvgIpc) is 2.86. The molecule has 0 aliphatic heterocycles. The molecular formula is C11H17NOS. The standard InChI is InChI=1S/C11H17NOS/c1-13-10-5-4-9(7-10)12-8-11-3-2-6-14-11/h2-3,6,9-10,12H,4-5,7-8H2,1H3. The minimum Gasteiger partial charge on any atom is -0.381 e. The summed E-state index contributed by atoms with van der Waals surface area (Å²) in [4.78, 5) is 1.42. The van der Waals surface area contributed by atoms with Gasteiger partial charge in [0.15, 0.2) is 0 Å². The largest absolute Gasteiger partial charge is 0.381 e. The molecule has 0 aromatic carbocycles. The molecule has 0 amide bonds. The molecule has 1 saturated carbocycles. The summed E-state index contributed by atoms with van der Waals surface area (Å²) < 4.78 is 5.34. The van der Waals surface area contributed by atoms with Crippen LogP contribution in [-0.2, 0) is 11.3 Å². The van der Waals surface area contributed by atoms with Gasteiger partial charge in [-0.15, -0.1) is 11.3 Å². The van der Waals surface area contributed by atoms with E-state index in [-0.39, 0.29) is 0 Å². The summed E-state index contributed by atoms with van der Waals surface area (Å²) in [5.41, 5.74) is 0. The smallest absolute Gasteiger partial charge is 0.0586 e. The highest BCUT2D eigenvalue weighted by Crippen LogP contribution is 2.22. The van der Waals surface area contributed by atoms with Crippen molar-refractivity contribution in [3.05, 3.63) is 22.4 Å². The van der Waals surface area contributed by atoms with Crippen molar-refractivity contribution < 1.29 is 4.74 Å². The van der Waals surface area contributed by atoms with Gasteiger partial charge in [0.25, 0.3) is 0 Å². The first-order valence-corrected chi connectivity index (χ1v) is 6.05. The number of thiophene rings is 1. The summed E-state index contributed by atoms with van der Waals surface area (Å²) in [5, 5.41) is 5.71.